The minimum absolute atomic E-state index is 0.133. The first-order chi connectivity index (χ1) is 12.7. The summed E-state index contributed by atoms with van der Waals surface area (Å²) in [7, 11) is 1.58. The van der Waals surface area contributed by atoms with E-state index < -0.39 is 0 Å². The summed E-state index contributed by atoms with van der Waals surface area (Å²) in [6, 6.07) is 10.7. The number of amides is 1. The third-order valence-corrected chi connectivity index (χ3v) is 3.74. The van der Waals surface area contributed by atoms with Crippen LogP contribution in [0, 0.1) is 0 Å². The molecule has 0 atom stereocenters. The molecule has 136 valence electrons. The zero-order chi connectivity index (χ0) is 18.4. The molecule has 1 aromatic carbocycles. The topological polar surface area (TPSA) is 93.6 Å². The highest BCUT2D eigenvalue weighted by Gasteiger charge is 2.16. The predicted octanol–water partition coefficient (Wildman–Crippen LogP) is 2.80. The van der Waals surface area contributed by atoms with E-state index in [9.17, 15) is 4.79 Å². The Hall–Kier alpha value is -3.13. The number of benzene rings is 1. The number of carbonyl (C=O) groups is 1. The number of methoxy groups -OCH3 is 1. The van der Waals surface area contributed by atoms with Gasteiger partial charge in [-0.3, -0.25) is 9.69 Å². The largest absolute Gasteiger partial charge is 0.497 e. The molecule has 0 spiro atoms. The Bertz CT molecular complexity index is 845. The monoisotopic (exact) mass is 356 g/mol. The van der Waals surface area contributed by atoms with Crippen LogP contribution in [0.4, 0.5) is 5.69 Å². The van der Waals surface area contributed by atoms with Gasteiger partial charge in [0.2, 0.25) is 17.6 Å². The van der Waals surface area contributed by atoms with E-state index in [0.717, 1.165) is 0 Å². The molecule has 0 saturated heterocycles. The molecule has 3 aromatic rings. The molecule has 8 heteroatoms. The minimum atomic E-state index is -0.133. The minimum Gasteiger partial charge on any atom is -0.497 e. The summed E-state index contributed by atoms with van der Waals surface area (Å²) < 4.78 is 15.6. The van der Waals surface area contributed by atoms with E-state index in [1.54, 1.807) is 31.6 Å². The molecule has 0 aliphatic heterocycles. The van der Waals surface area contributed by atoms with Crippen LogP contribution in [-0.2, 0) is 11.3 Å². The summed E-state index contributed by atoms with van der Waals surface area (Å²) in [4.78, 5) is 18.5. The van der Waals surface area contributed by atoms with Gasteiger partial charge >= 0.3 is 0 Å². The Morgan fingerprint density at radius 1 is 1.31 bits per heavy atom. The van der Waals surface area contributed by atoms with E-state index in [2.05, 4.69) is 15.5 Å². The second-order valence-electron chi connectivity index (χ2n) is 5.57. The van der Waals surface area contributed by atoms with Crippen LogP contribution in [0.15, 0.2) is 51.6 Å². The lowest BCUT2D eigenvalue weighted by atomic mass is 10.3. The van der Waals surface area contributed by atoms with Crippen molar-refractivity contribution in [3.05, 3.63) is 48.6 Å². The molecule has 0 unspecified atom stereocenters. The van der Waals surface area contributed by atoms with Crippen molar-refractivity contribution in [1.82, 2.24) is 15.0 Å². The maximum absolute atomic E-state index is 12.3. The molecule has 1 amide bonds. The number of aromatic nitrogens is 2. The molecule has 0 fully saturated rings. The van der Waals surface area contributed by atoms with Gasteiger partial charge in [0.1, 0.15) is 5.75 Å². The van der Waals surface area contributed by atoms with Crippen LogP contribution in [0.1, 0.15) is 12.8 Å². The SMILES string of the molecule is CCN(CC(=O)Nc1cccc(OC)c1)Cc1nc(-c2ccco2)no1. The number of likely N-dealkylation sites (N-methyl/N-ethyl adjacent to an activating group) is 1. The van der Waals surface area contributed by atoms with Gasteiger partial charge in [-0.25, -0.2) is 0 Å². The molecule has 0 bridgehead atoms. The van der Waals surface area contributed by atoms with E-state index in [-0.39, 0.29) is 12.5 Å². The zero-order valence-electron chi connectivity index (χ0n) is 14.6. The Labute approximate surface area is 150 Å². The fraction of sp³-hybridized carbons (Fsp3) is 0.278. The first kappa shape index (κ1) is 17.7. The van der Waals surface area contributed by atoms with Gasteiger partial charge < -0.3 is 19.0 Å². The Balaban J connectivity index is 1.57. The molecule has 0 saturated carbocycles. The van der Waals surface area contributed by atoms with Crippen molar-refractivity contribution in [3.8, 4) is 17.3 Å². The number of nitrogens with one attached hydrogen (secondary N) is 1. The Morgan fingerprint density at radius 3 is 2.92 bits per heavy atom. The van der Waals surface area contributed by atoms with Gasteiger partial charge in [-0.05, 0) is 30.8 Å². The maximum atomic E-state index is 12.3. The lowest BCUT2D eigenvalue weighted by molar-refractivity contribution is -0.117. The zero-order valence-corrected chi connectivity index (χ0v) is 14.6. The van der Waals surface area contributed by atoms with Gasteiger partial charge in [-0.1, -0.05) is 18.1 Å². The number of furan rings is 1. The number of nitrogens with zero attached hydrogens (tertiary/aromatic N) is 3. The number of rotatable bonds is 8. The van der Waals surface area contributed by atoms with Crippen molar-refractivity contribution in [3.63, 3.8) is 0 Å². The van der Waals surface area contributed by atoms with Crippen LogP contribution in [0.5, 0.6) is 5.75 Å². The molecule has 0 radical (unpaired) electrons. The van der Waals surface area contributed by atoms with E-state index >= 15 is 0 Å². The van der Waals surface area contributed by atoms with Gasteiger partial charge in [0.15, 0.2) is 5.76 Å². The number of carbonyl (C=O) groups excluding carboxylic acids is 1. The number of hydrogen-bond donors (Lipinski definition) is 1. The van der Waals surface area contributed by atoms with Gasteiger partial charge in [-0.2, -0.15) is 4.98 Å². The maximum Gasteiger partial charge on any atom is 0.241 e. The second kappa shape index (κ2) is 8.30. The smallest absolute Gasteiger partial charge is 0.241 e. The van der Waals surface area contributed by atoms with Gasteiger partial charge in [0.25, 0.3) is 0 Å². The van der Waals surface area contributed by atoms with Crippen molar-refractivity contribution < 1.29 is 18.5 Å². The van der Waals surface area contributed by atoms with Crippen molar-refractivity contribution >= 4 is 11.6 Å². The lowest BCUT2D eigenvalue weighted by Gasteiger charge is -2.17. The molecule has 1 N–H and O–H groups in total. The van der Waals surface area contributed by atoms with Gasteiger partial charge in [0, 0.05) is 11.8 Å². The lowest BCUT2D eigenvalue weighted by Crippen LogP contribution is -2.32. The summed E-state index contributed by atoms with van der Waals surface area (Å²) in [5, 5.41) is 6.74. The van der Waals surface area contributed by atoms with Crippen LogP contribution in [0.2, 0.25) is 0 Å². The molecule has 2 heterocycles. The molecule has 3 rings (SSSR count). The van der Waals surface area contributed by atoms with Crippen LogP contribution < -0.4 is 10.1 Å². The molecule has 0 aliphatic carbocycles. The molecule has 8 nitrogen and oxygen atoms in total. The highest BCUT2D eigenvalue weighted by molar-refractivity contribution is 5.92. The quantitative estimate of drug-likeness (QED) is 0.663. The first-order valence-corrected chi connectivity index (χ1v) is 8.20. The van der Waals surface area contributed by atoms with Crippen molar-refractivity contribution in [2.75, 3.05) is 25.5 Å². The van der Waals surface area contributed by atoms with Crippen LogP contribution >= 0.6 is 0 Å². The predicted molar refractivity (Wildman–Crippen MR) is 94.6 cm³/mol. The summed E-state index contributed by atoms with van der Waals surface area (Å²) in [6.45, 7) is 3.19. The van der Waals surface area contributed by atoms with Crippen LogP contribution in [0.3, 0.4) is 0 Å². The summed E-state index contributed by atoms with van der Waals surface area (Å²) in [5.41, 5.74) is 0.684. The fourth-order valence-corrected chi connectivity index (χ4v) is 2.40. The average molecular weight is 356 g/mol. The van der Waals surface area contributed by atoms with E-state index in [1.807, 2.05) is 30.0 Å². The molecular weight excluding hydrogens is 336 g/mol. The highest BCUT2D eigenvalue weighted by atomic mass is 16.5. The van der Waals surface area contributed by atoms with Gasteiger partial charge in [0.05, 0.1) is 26.5 Å². The van der Waals surface area contributed by atoms with Crippen molar-refractivity contribution in [1.29, 1.82) is 0 Å². The summed E-state index contributed by atoms with van der Waals surface area (Å²) in [5.74, 6) is 1.91. The molecule has 0 aliphatic rings. The fourth-order valence-electron chi connectivity index (χ4n) is 2.40. The van der Waals surface area contributed by atoms with Crippen molar-refractivity contribution in [2.24, 2.45) is 0 Å². The average Bonchev–Trinajstić information content (AvgIpc) is 3.32. The van der Waals surface area contributed by atoms with E-state index in [4.69, 9.17) is 13.7 Å². The Morgan fingerprint density at radius 2 is 2.19 bits per heavy atom. The summed E-state index contributed by atoms with van der Waals surface area (Å²) in [6.07, 6.45) is 1.55. The van der Waals surface area contributed by atoms with Crippen LogP contribution in [0.25, 0.3) is 11.6 Å². The Kier molecular flexibility index (Phi) is 5.65. The van der Waals surface area contributed by atoms with Crippen LogP contribution in [-0.4, -0.2) is 41.1 Å². The first-order valence-electron chi connectivity index (χ1n) is 8.20. The standard InChI is InChI=1S/C18H20N4O4/c1-3-22(11-16(23)19-13-6-4-7-14(10-13)24-2)12-17-20-18(21-26-17)15-8-5-9-25-15/h4-10H,3,11-12H2,1-2H3,(H,19,23). The number of ether oxygens (including phenoxy) is 1. The third kappa shape index (κ3) is 4.48. The number of anilines is 1. The third-order valence-electron chi connectivity index (χ3n) is 3.74. The summed E-state index contributed by atoms with van der Waals surface area (Å²) >= 11 is 0. The molecule has 26 heavy (non-hydrogen) atoms. The molecule has 2 aromatic heterocycles. The van der Waals surface area contributed by atoms with Crippen molar-refractivity contribution in [2.45, 2.75) is 13.5 Å². The molecular formula is C18H20N4O4. The van der Waals surface area contributed by atoms with Gasteiger partial charge in [-0.15, -0.1) is 0 Å². The van der Waals surface area contributed by atoms with E-state index in [1.165, 1.54) is 0 Å². The highest BCUT2D eigenvalue weighted by Crippen LogP contribution is 2.18. The van der Waals surface area contributed by atoms with E-state index in [0.29, 0.717) is 42.0 Å². The second-order valence-corrected chi connectivity index (χ2v) is 5.57. The number of hydrogen-bond acceptors (Lipinski definition) is 7. The normalized spacial score (nSPS) is 10.9.